The van der Waals surface area contributed by atoms with Gasteiger partial charge in [0.1, 0.15) is 13.2 Å². The molecule has 0 aliphatic rings. The van der Waals surface area contributed by atoms with E-state index < -0.39 is 6.10 Å². The van der Waals surface area contributed by atoms with Crippen molar-refractivity contribution < 1.29 is 28.6 Å². The van der Waals surface area contributed by atoms with E-state index in [1.807, 2.05) is 0 Å². The highest BCUT2D eigenvalue weighted by molar-refractivity contribution is 5.71. The summed E-state index contributed by atoms with van der Waals surface area (Å²) >= 11 is 0. The predicted octanol–water partition coefficient (Wildman–Crippen LogP) is 21.3. The molecular formula is C67H118O6. The summed E-state index contributed by atoms with van der Waals surface area (Å²) in [6.45, 7) is 6.59. The number of carbonyl (C=O) groups is 3. The number of unbranched alkanes of at least 4 members (excludes halogenated alkanes) is 34. The lowest BCUT2D eigenvalue weighted by Gasteiger charge is -2.18. The molecule has 6 nitrogen and oxygen atoms in total. The van der Waals surface area contributed by atoms with Crippen LogP contribution in [0.15, 0.2) is 72.9 Å². The minimum atomic E-state index is -0.796. The smallest absolute Gasteiger partial charge is 0.306 e. The first-order valence-corrected chi connectivity index (χ1v) is 31.4. The van der Waals surface area contributed by atoms with Crippen LogP contribution in [0, 0.1) is 0 Å². The molecule has 6 heteroatoms. The molecule has 0 spiro atoms. The second-order valence-corrected chi connectivity index (χ2v) is 21.0. The topological polar surface area (TPSA) is 78.9 Å². The van der Waals surface area contributed by atoms with Crippen LogP contribution in [0.4, 0.5) is 0 Å². The van der Waals surface area contributed by atoms with Gasteiger partial charge in [0.2, 0.25) is 0 Å². The van der Waals surface area contributed by atoms with Gasteiger partial charge in [-0.1, -0.05) is 273 Å². The van der Waals surface area contributed by atoms with Gasteiger partial charge < -0.3 is 14.2 Å². The molecule has 0 aromatic carbocycles. The fraction of sp³-hybridized carbons (Fsp3) is 0.776. The number of ether oxygens (including phenoxy) is 3. The van der Waals surface area contributed by atoms with Crippen molar-refractivity contribution in [2.24, 2.45) is 0 Å². The lowest BCUT2D eigenvalue weighted by molar-refractivity contribution is -0.167. The number of allylic oxidation sites excluding steroid dienone is 12. The molecule has 0 radical (unpaired) electrons. The summed E-state index contributed by atoms with van der Waals surface area (Å²) in [5.41, 5.74) is 0. The molecule has 0 aliphatic heterocycles. The third-order valence-corrected chi connectivity index (χ3v) is 13.7. The van der Waals surface area contributed by atoms with E-state index in [4.69, 9.17) is 14.2 Å². The number of hydrogen-bond donors (Lipinski definition) is 0. The van der Waals surface area contributed by atoms with Crippen LogP contribution >= 0.6 is 0 Å². The molecule has 0 amide bonds. The van der Waals surface area contributed by atoms with E-state index in [-0.39, 0.29) is 31.1 Å². The van der Waals surface area contributed by atoms with Gasteiger partial charge in [-0.2, -0.15) is 0 Å². The Kier molecular flexibility index (Phi) is 58.7. The zero-order chi connectivity index (χ0) is 52.9. The van der Waals surface area contributed by atoms with Gasteiger partial charge in [0, 0.05) is 19.3 Å². The fourth-order valence-corrected chi connectivity index (χ4v) is 8.93. The highest BCUT2D eigenvalue weighted by atomic mass is 16.6. The summed E-state index contributed by atoms with van der Waals surface area (Å²) in [6, 6.07) is 0. The molecule has 0 saturated carbocycles. The summed E-state index contributed by atoms with van der Waals surface area (Å²) in [5, 5.41) is 0. The summed E-state index contributed by atoms with van der Waals surface area (Å²) in [7, 11) is 0. The Morgan fingerprint density at radius 2 is 0.493 bits per heavy atom. The van der Waals surface area contributed by atoms with E-state index in [9.17, 15) is 14.4 Å². The molecule has 73 heavy (non-hydrogen) atoms. The molecule has 0 fully saturated rings. The second-order valence-electron chi connectivity index (χ2n) is 21.0. The Morgan fingerprint density at radius 3 is 0.808 bits per heavy atom. The van der Waals surface area contributed by atoms with Crippen molar-refractivity contribution in [1.82, 2.24) is 0 Å². The first-order chi connectivity index (χ1) is 36.0. The Balaban J connectivity index is 4.39. The molecule has 0 saturated heterocycles. The number of esters is 3. The first-order valence-electron chi connectivity index (χ1n) is 31.4. The molecule has 0 unspecified atom stereocenters. The third kappa shape index (κ3) is 59.6. The average Bonchev–Trinajstić information content (AvgIpc) is 3.39. The van der Waals surface area contributed by atoms with Gasteiger partial charge in [-0.15, -0.1) is 0 Å². The summed E-state index contributed by atoms with van der Waals surface area (Å²) in [4.78, 5) is 38.3. The lowest BCUT2D eigenvalue weighted by Crippen LogP contribution is -2.30. The maximum Gasteiger partial charge on any atom is 0.306 e. The highest BCUT2D eigenvalue weighted by Crippen LogP contribution is 2.17. The van der Waals surface area contributed by atoms with Crippen LogP contribution < -0.4 is 0 Å². The van der Waals surface area contributed by atoms with Crippen LogP contribution in [-0.4, -0.2) is 37.2 Å². The number of hydrogen-bond acceptors (Lipinski definition) is 6. The van der Waals surface area contributed by atoms with Crippen LogP contribution in [0.3, 0.4) is 0 Å². The Morgan fingerprint density at radius 1 is 0.274 bits per heavy atom. The first kappa shape index (κ1) is 69.8. The average molecular weight is 1020 g/mol. The molecule has 0 N–H and O–H groups in total. The SMILES string of the molecule is CCCCC/C=C\C/C=C\C/C=C\C/C=C\CCCCCC(=O)OC[C@H](COC(=O)CCCCCCCCCCCCCCCCCCCCCCC)OC(=O)CCCCCCC/C=C\C/C=C\CCCCC. The van der Waals surface area contributed by atoms with Gasteiger partial charge in [0.05, 0.1) is 0 Å². The van der Waals surface area contributed by atoms with E-state index >= 15 is 0 Å². The van der Waals surface area contributed by atoms with Crippen molar-refractivity contribution in [3.8, 4) is 0 Å². The van der Waals surface area contributed by atoms with Gasteiger partial charge in [0.25, 0.3) is 0 Å². The minimum Gasteiger partial charge on any atom is -0.462 e. The number of carbonyl (C=O) groups excluding carboxylic acids is 3. The van der Waals surface area contributed by atoms with Crippen LogP contribution in [0.2, 0.25) is 0 Å². The molecule has 0 aromatic heterocycles. The van der Waals surface area contributed by atoms with Gasteiger partial charge in [0.15, 0.2) is 6.10 Å². The van der Waals surface area contributed by atoms with E-state index in [0.717, 1.165) is 109 Å². The van der Waals surface area contributed by atoms with Crippen LogP contribution in [0.5, 0.6) is 0 Å². The Bertz CT molecular complexity index is 1360. The van der Waals surface area contributed by atoms with Gasteiger partial charge in [-0.25, -0.2) is 0 Å². The van der Waals surface area contributed by atoms with Crippen LogP contribution in [-0.2, 0) is 28.6 Å². The monoisotopic (exact) mass is 1020 g/mol. The maximum absolute atomic E-state index is 12.9. The molecule has 0 rings (SSSR count). The van der Waals surface area contributed by atoms with Gasteiger partial charge >= 0.3 is 17.9 Å². The van der Waals surface area contributed by atoms with Gasteiger partial charge in [-0.3, -0.25) is 14.4 Å². The van der Waals surface area contributed by atoms with Crippen molar-refractivity contribution in [3.63, 3.8) is 0 Å². The van der Waals surface area contributed by atoms with Crippen molar-refractivity contribution in [3.05, 3.63) is 72.9 Å². The van der Waals surface area contributed by atoms with Crippen molar-refractivity contribution in [1.29, 1.82) is 0 Å². The standard InChI is InChI=1S/C67H118O6/c1-4-7-10-13-16-19-22-25-28-30-32-33-35-37-40-42-45-48-51-54-57-60-66(69)72-63-64(73-67(70)61-58-55-52-49-46-43-38-27-24-21-18-15-12-9-6-3)62-71-65(68)59-56-53-50-47-44-41-39-36-34-31-29-26-23-20-17-14-11-8-5-2/h17-18,20-21,26-27,29,34,36,38,41,44,64H,4-16,19,22-25,28,30-33,35,37,39-40,42-43,45-63H2,1-3H3/b20-17-,21-18-,29-26-,36-34-,38-27-,44-41-/t64-/m1/s1. The molecule has 0 aliphatic carbocycles. The predicted molar refractivity (Wildman–Crippen MR) is 316 cm³/mol. The molecule has 0 heterocycles. The van der Waals surface area contributed by atoms with Gasteiger partial charge in [-0.05, 0) is 96.3 Å². The van der Waals surface area contributed by atoms with Crippen molar-refractivity contribution in [2.45, 2.75) is 322 Å². The van der Waals surface area contributed by atoms with E-state index in [1.165, 1.54) is 167 Å². The van der Waals surface area contributed by atoms with Crippen LogP contribution in [0.25, 0.3) is 0 Å². The quantitative estimate of drug-likeness (QED) is 0.0261. The number of rotatable bonds is 57. The summed E-state index contributed by atoms with van der Waals surface area (Å²) in [6.07, 6.45) is 79.0. The zero-order valence-electron chi connectivity index (χ0n) is 48.4. The minimum absolute atomic E-state index is 0.0889. The largest absolute Gasteiger partial charge is 0.462 e. The third-order valence-electron chi connectivity index (χ3n) is 13.7. The lowest BCUT2D eigenvalue weighted by atomic mass is 10.0. The molecule has 0 bridgehead atoms. The highest BCUT2D eigenvalue weighted by Gasteiger charge is 2.19. The summed E-state index contributed by atoms with van der Waals surface area (Å²) in [5.74, 6) is -0.921. The van der Waals surface area contributed by atoms with Crippen molar-refractivity contribution >= 4 is 17.9 Å². The molecule has 0 aromatic rings. The summed E-state index contributed by atoms with van der Waals surface area (Å²) < 4.78 is 16.9. The normalized spacial score (nSPS) is 12.5. The van der Waals surface area contributed by atoms with Crippen molar-refractivity contribution in [2.75, 3.05) is 13.2 Å². The zero-order valence-corrected chi connectivity index (χ0v) is 48.4. The second kappa shape index (κ2) is 61.4. The van der Waals surface area contributed by atoms with E-state index in [2.05, 4.69) is 93.7 Å². The van der Waals surface area contributed by atoms with E-state index in [1.54, 1.807) is 0 Å². The Labute approximate surface area is 453 Å². The van der Waals surface area contributed by atoms with Crippen LogP contribution in [0.1, 0.15) is 316 Å². The molecule has 1 atom stereocenters. The fourth-order valence-electron chi connectivity index (χ4n) is 8.93. The molecular weight excluding hydrogens is 901 g/mol. The maximum atomic E-state index is 12.9. The Hall–Kier alpha value is -3.15. The van der Waals surface area contributed by atoms with E-state index in [0.29, 0.717) is 19.3 Å². The molecule has 422 valence electrons.